The van der Waals surface area contributed by atoms with Crippen molar-refractivity contribution < 1.29 is 28.6 Å². The van der Waals surface area contributed by atoms with E-state index < -0.39 is 12.1 Å². The Morgan fingerprint density at radius 1 is 1.12 bits per heavy atom. The second kappa shape index (κ2) is 10.8. The number of rotatable bonds is 6. The lowest BCUT2D eigenvalue weighted by atomic mass is 10.0. The maximum Gasteiger partial charge on any atom is 0.332 e. The van der Waals surface area contributed by atoms with Gasteiger partial charge in [0.05, 0.1) is 19.8 Å². The maximum absolute atomic E-state index is 13.2. The van der Waals surface area contributed by atoms with Crippen molar-refractivity contribution in [1.82, 2.24) is 4.90 Å². The lowest BCUT2D eigenvalue weighted by Crippen LogP contribution is -2.41. The monoisotopic (exact) mass is 440 g/mol. The summed E-state index contributed by atoms with van der Waals surface area (Å²) in [5.74, 6) is -0.398. The molecule has 2 amide bonds. The molecule has 0 saturated heterocycles. The molecule has 0 bridgehead atoms. The van der Waals surface area contributed by atoms with Gasteiger partial charge in [-0.15, -0.1) is 0 Å². The van der Waals surface area contributed by atoms with E-state index in [0.717, 1.165) is 5.56 Å². The van der Waals surface area contributed by atoms with Gasteiger partial charge in [-0.2, -0.15) is 0 Å². The number of methoxy groups -OCH3 is 1. The number of fused-ring (bicyclic) bond motifs is 1. The molecule has 8 heteroatoms. The zero-order chi connectivity index (χ0) is 23.1. The summed E-state index contributed by atoms with van der Waals surface area (Å²) in [5.41, 5.74) is 1.89. The number of nitrogens with zero attached hydrogens (tertiary/aromatic N) is 2. The van der Waals surface area contributed by atoms with Crippen LogP contribution in [0.3, 0.4) is 0 Å². The number of para-hydroxylation sites is 1. The van der Waals surface area contributed by atoms with E-state index in [0.29, 0.717) is 23.4 Å². The number of carbonyl (C=O) groups is 3. The van der Waals surface area contributed by atoms with Gasteiger partial charge in [0.15, 0.2) is 0 Å². The van der Waals surface area contributed by atoms with Crippen molar-refractivity contribution in [2.75, 3.05) is 45.4 Å². The zero-order valence-corrected chi connectivity index (χ0v) is 18.6. The Morgan fingerprint density at radius 2 is 1.91 bits per heavy atom. The molecule has 1 aliphatic heterocycles. The van der Waals surface area contributed by atoms with Crippen molar-refractivity contribution in [2.45, 2.75) is 19.4 Å². The molecule has 170 valence electrons. The smallest absolute Gasteiger partial charge is 0.332 e. The molecule has 8 nitrogen and oxygen atoms in total. The number of hydrogen-bond donors (Lipinski definition) is 0. The standard InChI is InChI=1S/C24H28N2O6/c1-4-31-23(28)16-32-21-12-13-26(24(29)17-8-7-9-18(14-17)30-3)15-22(27)25(2)20-11-6-5-10-19(20)21/h5-11,14,21H,4,12-13,15-16H2,1-3H3. The average molecular weight is 440 g/mol. The SMILES string of the molecule is CCOC(=O)COC1CCN(C(=O)c2cccc(OC)c2)CC(=O)N(C)c2ccccc21. The van der Waals surface area contributed by atoms with Crippen LogP contribution in [0.25, 0.3) is 0 Å². The van der Waals surface area contributed by atoms with E-state index in [-0.39, 0.29) is 38.1 Å². The number of carbonyl (C=O) groups excluding carboxylic acids is 3. The summed E-state index contributed by atoms with van der Waals surface area (Å²) in [6.45, 7) is 1.98. The van der Waals surface area contributed by atoms with Gasteiger partial charge < -0.3 is 24.0 Å². The fourth-order valence-corrected chi connectivity index (χ4v) is 3.63. The molecule has 0 aliphatic carbocycles. The van der Waals surface area contributed by atoms with E-state index in [1.54, 1.807) is 38.2 Å². The van der Waals surface area contributed by atoms with Gasteiger partial charge in [-0.3, -0.25) is 9.59 Å². The summed E-state index contributed by atoms with van der Waals surface area (Å²) in [7, 11) is 3.20. The van der Waals surface area contributed by atoms with Crippen molar-refractivity contribution in [3.8, 4) is 5.75 Å². The maximum atomic E-state index is 13.2. The predicted molar refractivity (Wildman–Crippen MR) is 119 cm³/mol. The number of anilines is 1. The molecular formula is C24H28N2O6. The highest BCUT2D eigenvalue weighted by molar-refractivity contribution is 6.00. The molecule has 2 aromatic carbocycles. The Balaban J connectivity index is 1.89. The lowest BCUT2D eigenvalue weighted by Gasteiger charge is -2.24. The molecule has 1 atom stereocenters. The third-order valence-electron chi connectivity index (χ3n) is 5.32. The third kappa shape index (κ3) is 5.45. The Hall–Kier alpha value is -3.39. The van der Waals surface area contributed by atoms with Gasteiger partial charge in [0.25, 0.3) is 5.91 Å². The number of ether oxygens (including phenoxy) is 3. The van der Waals surface area contributed by atoms with E-state index in [9.17, 15) is 14.4 Å². The zero-order valence-electron chi connectivity index (χ0n) is 18.6. The fraction of sp³-hybridized carbons (Fsp3) is 0.375. The van der Waals surface area contributed by atoms with Gasteiger partial charge in [-0.05, 0) is 37.6 Å². The van der Waals surface area contributed by atoms with Crippen molar-refractivity contribution in [2.24, 2.45) is 0 Å². The van der Waals surface area contributed by atoms with E-state index in [1.165, 1.54) is 16.9 Å². The molecule has 0 spiro atoms. The summed E-state index contributed by atoms with van der Waals surface area (Å²) in [5, 5.41) is 0. The minimum Gasteiger partial charge on any atom is -0.497 e. The van der Waals surface area contributed by atoms with Gasteiger partial charge in [0.1, 0.15) is 18.9 Å². The van der Waals surface area contributed by atoms with Gasteiger partial charge in [0, 0.05) is 30.4 Å². The third-order valence-corrected chi connectivity index (χ3v) is 5.32. The van der Waals surface area contributed by atoms with Crippen LogP contribution < -0.4 is 9.64 Å². The molecule has 0 N–H and O–H groups in total. The quantitative estimate of drug-likeness (QED) is 0.642. The molecule has 0 fully saturated rings. The van der Waals surface area contributed by atoms with Crippen molar-refractivity contribution in [3.63, 3.8) is 0 Å². The van der Waals surface area contributed by atoms with E-state index in [1.807, 2.05) is 24.3 Å². The van der Waals surface area contributed by atoms with Crippen LogP contribution in [0, 0.1) is 0 Å². The van der Waals surface area contributed by atoms with Gasteiger partial charge in [-0.25, -0.2) is 4.79 Å². The van der Waals surface area contributed by atoms with Crippen LogP contribution in [0.2, 0.25) is 0 Å². The fourth-order valence-electron chi connectivity index (χ4n) is 3.63. The topological polar surface area (TPSA) is 85.4 Å². The molecule has 32 heavy (non-hydrogen) atoms. The predicted octanol–water partition coefficient (Wildman–Crippen LogP) is 2.82. The minimum atomic E-state index is -0.496. The second-order valence-electron chi connectivity index (χ2n) is 7.36. The molecule has 0 aromatic heterocycles. The van der Waals surface area contributed by atoms with Crippen molar-refractivity contribution in [3.05, 3.63) is 59.7 Å². The van der Waals surface area contributed by atoms with Crippen LogP contribution in [-0.4, -0.2) is 63.1 Å². The van der Waals surface area contributed by atoms with Crippen LogP contribution in [-0.2, 0) is 19.1 Å². The first-order valence-corrected chi connectivity index (χ1v) is 10.5. The average Bonchev–Trinajstić information content (AvgIpc) is 2.86. The number of esters is 1. The van der Waals surface area contributed by atoms with Gasteiger partial charge in [0.2, 0.25) is 5.91 Å². The first-order valence-electron chi connectivity index (χ1n) is 10.5. The Kier molecular flexibility index (Phi) is 7.83. The molecule has 3 rings (SSSR count). The Bertz CT molecular complexity index is 976. The number of likely N-dealkylation sites (N-methyl/N-ethyl adjacent to an activating group) is 1. The largest absolute Gasteiger partial charge is 0.497 e. The molecule has 1 unspecified atom stereocenters. The van der Waals surface area contributed by atoms with Crippen molar-refractivity contribution in [1.29, 1.82) is 0 Å². The number of hydrogen-bond acceptors (Lipinski definition) is 6. The molecule has 0 radical (unpaired) electrons. The summed E-state index contributed by atoms with van der Waals surface area (Å²) < 4.78 is 16.1. The highest BCUT2D eigenvalue weighted by Crippen LogP contribution is 2.32. The summed E-state index contributed by atoms with van der Waals surface area (Å²) in [4.78, 5) is 41.1. The summed E-state index contributed by atoms with van der Waals surface area (Å²) in [6, 6.07) is 14.2. The molecular weight excluding hydrogens is 412 g/mol. The van der Waals surface area contributed by atoms with Crippen LogP contribution in [0.15, 0.2) is 48.5 Å². The Morgan fingerprint density at radius 3 is 2.66 bits per heavy atom. The van der Waals surface area contributed by atoms with Crippen molar-refractivity contribution >= 4 is 23.5 Å². The number of benzene rings is 2. The first kappa shape index (κ1) is 23.3. The summed E-state index contributed by atoms with van der Waals surface area (Å²) >= 11 is 0. The second-order valence-corrected chi connectivity index (χ2v) is 7.36. The van der Waals surface area contributed by atoms with Crippen LogP contribution in [0.5, 0.6) is 5.75 Å². The molecule has 2 aromatic rings. The summed E-state index contributed by atoms with van der Waals surface area (Å²) in [6.07, 6.45) is -0.0858. The molecule has 0 saturated carbocycles. The van der Waals surface area contributed by atoms with Gasteiger partial charge in [-0.1, -0.05) is 24.3 Å². The molecule has 1 heterocycles. The highest BCUT2D eigenvalue weighted by atomic mass is 16.6. The first-order chi connectivity index (χ1) is 15.4. The lowest BCUT2D eigenvalue weighted by molar-refractivity contribution is -0.150. The molecule has 1 aliphatic rings. The van der Waals surface area contributed by atoms with Crippen LogP contribution in [0.4, 0.5) is 5.69 Å². The van der Waals surface area contributed by atoms with Gasteiger partial charge >= 0.3 is 5.97 Å². The van der Waals surface area contributed by atoms with E-state index in [4.69, 9.17) is 14.2 Å². The Labute approximate surface area is 187 Å². The van der Waals surface area contributed by atoms with Crippen LogP contribution >= 0.6 is 0 Å². The van der Waals surface area contributed by atoms with E-state index in [2.05, 4.69) is 0 Å². The highest BCUT2D eigenvalue weighted by Gasteiger charge is 2.29. The van der Waals surface area contributed by atoms with E-state index >= 15 is 0 Å². The number of amides is 2. The van der Waals surface area contributed by atoms with Crippen LogP contribution in [0.1, 0.15) is 35.4 Å². The minimum absolute atomic E-state index is 0.0779. The normalized spacial score (nSPS) is 16.5.